The number of halogens is 3. The van der Waals surface area contributed by atoms with Crippen molar-refractivity contribution in [1.82, 2.24) is 19.5 Å². The molecule has 1 fully saturated rings. The Bertz CT molecular complexity index is 1230. The van der Waals surface area contributed by atoms with Gasteiger partial charge in [-0.25, -0.2) is 9.37 Å². The fourth-order valence-corrected chi connectivity index (χ4v) is 4.34. The molecule has 0 unspecified atom stereocenters. The Kier molecular flexibility index (Phi) is 7.41. The largest absolute Gasteiger partial charge is 0.387 e. The van der Waals surface area contributed by atoms with Crippen molar-refractivity contribution >= 4 is 47.8 Å². The smallest absolute Gasteiger partial charge is 0.350 e. The van der Waals surface area contributed by atoms with E-state index in [4.69, 9.17) is 42.5 Å². The van der Waals surface area contributed by atoms with Gasteiger partial charge in [-0.1, -0.05) is 29.8 Å². The Balaban J connectivity index is 1.59. The van der Waals surface area contributed by atoms with Crippen LogP contribution >= 0.6 is 30.8 Å². The molecule has 1 aliphatic rings. The van der Waals surface area contributed by atoms with Gasteiger partial charge < -0.3 is 29.3 Å². The van der Waals surface area contributed by atoms with Crippen molar-refractivity contribution in [2.75, 3.05) is 24.9 Å². The molecule has 3 aromatic rings. The lowest BCUT2D eigenvalue weighted by molar-refractivity contribution is -0.0581. The number of aliphatic hydroxyl groups excluding tert-OH is 1. The van der Waals surface area contributed by atoms with Crippen LogP contribution < -0.4 is 4.90 Å². The number of nitrogens with zero attached hydrogens (tertiary/aromatic N) is 5. The molecule has 34 heavy (non-hydrogen) atoms. The third kappa shape index (κ3) is 5.34. The Morgan fingerprint density at radius 2 is 2.03 bits per heavy atom. The number of imidazole rings is 1. The molecule has 4 atom stereocenters. The van der Waals surface area contributed by atoms with Crippen LogP contribution in [0.15, 0.2) is 30.6 Å². The lowest BCUT2D eigenvalue weighted by Crippen LogP contribution is -2.31. The molecule has 0 aliphatic carbocycles. The van der Waals surface area contributed by atoms with E-state index in [1.165, 1.54) is 10.9 Å². The Labute approximate surface area is 203 Å². The van der Waals surface area contributed by atoms with Crippen LogP contribution in [0, 0.1) is 0 Å². The van der Waals surface area contributed by atoms with Crippen molar-refractivity contribution in [2.45, 2.75) is 31.2 Å². The van der Waals surface area contributed by atoms with Gasteiger partial charge in [-0.15, -0.1) is 0 Å². The predicted molar refractivity (Wildman–Crippen MR) is 122 cm³/mol. The Hall–Kier alpha value is -1.89. The van der Waals surface area contributed by atoms with Gasteiger partial charge in [-0.05, 0) is 23.2 Å². The first kappa shape index (κ1) is 25.2. The summed E-state index contributed by atoms with van der Waals surface area (Å²) in [5.74, 6) is 0.379. The van der Waals surface area contributed by atoms with Gasteiger partial charge in [0.1, 0.15) is 18.6 Å². The number of benzene rings is 1. The molecule has 3 N–H and O–H groups in total. The molecular weight excluding hydrogens is 515 g/mol. The van der Waals surface area contributed by atoms with Gasteiger partial charge in [0, 0.05) is 18.6 Å². The molecule has 4 rings (SSSR count). The number of hydrogen-bond acceptors (Lipinski definition) is 8. The minimum atomic E-state index is -4.42. The number of aliphatic hydroxyl groups is 1. The molecule has 15 heteroatoms. The summed E-state index contributed by atoms with van der Waals surface area (Å²) in [6.07, 6.45) is -5.55. The Morgan fingerprint density at radius 1 is 1.29 bits per heavy atom. The molecule has 0 saturated carbocycles. The zero-order chi connectivity index (χ0) is 24.6. The van der Waals surface area contributed by atoms with E-state index in [2.05, 4.69) is 15.0 Å². The van der Waals surface area contributed by atoms with Crippen molar-refractivity contribution in [3.8, 4) is 0 Å². The SMILES string of the molecule is CN(Cc1ccccc1Cl)c1nc(Cl)nc2c1ncn2[C@@H]1O[C@H](COCP(=O)(O)O)[C@@H](O)[C@@H]1F. The molecule has 3 heterocycles. The number of aromatic nitrogens is 4. The number of hydrogen-bond donors (Lipinski definition) is 3. The van der Waals surface area contributed by atoms with Crippen LogP contribution in [0.2, 0.25) is 10.3 Å². The zero-order valence-electron chi connectivity index (χ0n) is 17.7. The summed E-state index contributed by atoms with van der Waals surface area (Å²) in [6, 6.07) is 7.32. The summed E-state index contributed by atoms with van der Waals surface area (Å²) < 4.78 is 37.6. The van der Waals surface area contributed by atoms with Gasteiger partial charge in [0.05, 0.1) is 12.9 Å². The highest BCUT2D eigenvalue weighted by Gasteiger charge is 2.46. The van der Waals surface area contributed by atoms with Crippen LogP contribution in [-0.4, -0.2) is 72.8 Å². The van der Waals surface area contributed by atoms with E-state index in [9.17, 15) is 14.1 Å². The van der Waals surface area contributed by atoms with E-state index in [-0.39, 0.29) is 10.9 Å². The second-order valence-corrected chi connectivity index (χ2v) is 10.1. The van der Waals surface area contributed by atoms with Crippen molar-refractivity contribution < 1.29 is 33.3 Å². The summed E-state index contributed by atoms with van der Waals surface area (Å²) in [6.45, 7) is -0.0320. The third-order valence-corrected chi connectivity index (χ3v) is 6.27. The first-order chi connectivity index (χ1) is 16.0. The van der Waals surface area contributed by atoms with Crippen LogP contribution in [0.4, 0.5) is 10.2 Å². The maximum absolute atomic E-state index is 14.9. The van der Waals surface area contributed by atoms with Crippen LogP contribution in [0.5, 0.6) is 0 Å². The molecule has 1 aliphatic heterocycles. The van der Waals surface area contributed by atoms with E-state index in [1.54, 1.807) is 18.0 Å². The summed E-state index contributed by atoms with van der Waals surface area (Å²) >= 11 is 12.4. The topological polar surface area (TPSA) is 143 Å². The van der Waals surface area contributed by atoms with Crippen LogP contribution in [-0.2, 0) is 20.6 Å². The van der Waals surface area contributed by atoms with E-state index in [1.807, 2.05) is 18.2 Å². The highest BCUT2D eigenvalue weighted by molar-refractivity contribution is 7.51. The number of ether oxygens (including phenoxy) is 2. The highest BCUT2D eigenvalue weighted by atomic mass is 35.5. The molecule has 0 amide bonds. The number of alkyl halides is 1. The average Bonchev–Trinajstić information content (AvgIpc) is 3.30. The minimum absolute atomic E-state index is 0.106. The summed E-state index contributed by atoms with van der Waals surface area (Å²) in [5.41, 5.74) is 1.35. The lowest BCUT2D eigenvalue weighted by Gasteiger charge is -2.20. The van der Waals surface area contributed by atoms with Crippen molar-refractivity contribution in [2.24, 2.45) is 0 Å². The summed E-state index contributed by atoms with van der Waals surface area (Å²) in [7, 11) is -2.65. The molecule has 184 valence electrons. The summed E-state index contributed by atoms with van der Waals surface area (Å²) in [4.78, 5) is 32.3. The first-order valence-corrected chi connectivity index (χ1v) is 12.5. The van der Waals surface area contributed by atoms with E-state index in [0.29, 0.717) is 22.9 Å². The molecule has 1 saturated heterocycles. The van der Waals surface area contributed by atoms with Gasteiger partial charge in [-0.3, -0.25) is 9.13 Å². The van der Waals surface area contributed by atoms with Gasteiger partial charge in [0.25, 0.3) is 0 Å². The first-order valence-electron chi connectivity index (χ1n) is 9.99. The minimum Gasteiger partial charge on any atom is -0.387 e. The van der Waals surface area contributed by atoms with Gasteiger partial charge in [0.15, 0.2) is 29.4 Å². The van der Waals surface area contributed by atoms with Gasteiger partial charge in [-0.2, -0.15) is 9.97 Å². The van der Waals surface area contributed by atoms with E-state index in [0.717, 1.165) is 5.56 Å². The average molecular weight is 536 g/mol. The molecule has 1 aromatic carbocycles. The normalized spacial score (nSPS) is 23.0. The number of anilines is 1. The lowest BCUT2D eigenvalue weighted by atomic mass is 10.1. The van der Waals surface area contributed by atoms with E-state index < -0.39 is 45.2 Å². The monoisotopic (exact) mass is 535 g/mol. The molecule has 0 radical (unpaired) electrons. The van der Waals surface area contributed by atoms with Crippen LogP contribution in [0.1, 0.15) is 11.8 Å². The second-order valence-electron chi connectivity index (χ2n) is 7.75. The molecule has 0 spiro atoms. The van der Waals surface area contributed by atoms with Crippen LogP contribution in [0.3, 0.4) is 0 Å². The van der Waals surface area contributed by atoms with Gasteiger partial charge in [0.2, 0.25) is 5.28 Å². The second kappa shape index (κ2) is 10.00. The number of fused-ring (bicyclic) bond motifs is 1. The molecule has 11 nitrogen and oxygen atoms in total. The quantitative estimate of drug-likeness (QED) is 0.290. The number of rotatable bonds is 8. The van der Waals surface area contributed by atoms with Crippen molar-refractivity contribution in [1.29, 1.82) is 0 Å². The Morgan fingerprint density at radius 3 is 2.74 bits per heavy atom. The highest BCUT2D eigenvalue weighted by Crippen LogP contribution is 2.37. The standard InChI is InChI=1S/C19H21Cl2FN5O6P/c1-26(6-10-4-2-3-5-11(10)20)16-14-17(25-19(21)24-16)27(8-23-14)18-13(22)15(28)12(33-18)7-32-9-34(29,30)31/h2-5,8,12-13,15,18,28H,6-7,9H2,1H3,(H2,29,30,31)/t12-,13+,15-,18-/m1/s1. The van der Waals surface area contributed by atoms with Gasteiger partial charge >= 0.3 is 7.60 Å². The third-order valence-electron chi connectivity index (χ3n) is 5.21. The fraction of sp³-hybridized carbons (Fsp3) is 0.421. The maximum atomic E-state index is 14.9. The van der Waals surface area contributed by atoms with Crippen molar-refractivity contribution in [3.63, 3.8) is 0 Å². The van der Waals surface area contributed by atoms with E-state index >= 15 is 0 Å². The summed E-state index contributed by atoms with van der Waals surface area (Å²) in [5, 5.41) is 10.7. The van der Waals surface area contributed by atoms with Crippen molar-refractivity contribution in [3.05, 3.63) is 46.5 Å². The molecule has 0 bridgehead atoms. The maximum Gasteiger partial charge on any atom is 0.350 e. The molecule has 2 aromatic heterocycles. The van der Waals surface area contributed by atoms with Crippen LogP contribution in [0.25, 0.3) is 11.2 Å². The molecular formula is C19H21Cl2FN5O6P. The fourth-order valence-electron chi connectivity index (χ4n) is 3.64. The zero-order valence-corrected chi connectivity index (χ0v) is 20.1. The predicted octanol–water partition coefficient (Wildman–Crippen LogP) is 2.52.